The molecule has 2 rings (SSSR count). The predicted molar refractivity (Wildman–Crippen MR) is 62.4 cm³/mol. The second kappa shape index (κ2) is 4.31. The first-order valence-electron chi connectivity index (χ1n) is 4.36. The molecule has 1 unspecified atom stereocenters. The Morgan fingerprint density at radius 1 is 1.13 bits per heavy atom. The zero-order valence-electron chi connectivity index (χ0n) is 8.07. The minimum absolute atomic E-state index is 0.660. The highest BCUT2D eigenvalue weighted by molar-refractivity contribution is 7.80. The van der Waals surface area contributed by atoms with Gasteiger partial charge in [0.15, 0.2) is 11.1 Å². The molecular formula is C11H9ClO2S. The van der Waals surface area contributed by atoms with E-state index in [4.69, 9.17) is 15.8 Å². The molecule has 2 nitrogen and oxygen atoms in total. The number of benzene rings is 2. The molecule has 0 aliphatic carbocycles. The highest BCUT2D eigenvalue weighted by atomic mass is 35.5. The van der Waals surface area contributed by atoms with Crippen LogP contribution in [0, 0.1) is 0 Å². The highest BCUT2D eigenvalue weighted by Gasteiger charge is 2.03. The Bertz CT molecular complexity index is 525. The molecule has 0 amide bonds. The van der Waals surface area contributed by atoms with Crippen LogP contribution in [0.25, 0.3) is 10.8 Å². The molecule has 0 aromatic heterocycles. The summed E-state index contributed by atoms with van der Waals surface area (Å²) in [4.78, 5) is 0.660. The Morgan fingerprint density at radius 2 is 1.80 bits per heavy atom. The van der Waals surface area contributed by atoms with Crippen LogP contribution in [-0.2, 0) is 15.3 Å². The molecular weight excluding hydrogens is 232 g/mol. The monoisotopic (exact) mass is 240 g/mol. The minimum atomic E-state index is -1.38. The lowest BCUT2D eigenvalue weighted by molar-refractivity contribution is 0.446. The maximum atomic E-state index is 11.4. The van der Waals surface area contributed by atoms with Gasteiger partial charge in [0.2, 0.25) is 0 Å². The molecule has 2 aromatic rings. The molecule has 0 saturated heterocycles. The van der Waals surface area contributed by atoms with Gasteiger partial charge < -0.3 is 0 Å². The molecule has 15 heavy (non-hydrogen) atoms. The number of hydrogen-bond acceptors (Lipinski definition) is 2. The molecule has 0 fully saturated rings. The Kier molecular flexibility index (Phi) is 3.05. The first-order chi connectivity index (χ1) is 7.20. The van der Waals surface area contributed by atoms with Crippen molar-refractivity contribution in [2.24, 2.45) is 0 Å². The number of halogens is 1. The lowest BCUT2D eigenvalue weighted by atomic mass is 10.1. The van der Waals surface area contributed by atoms with E-state index in [2.05, 4.69) is 0 Å². The van der Waals surface area contributed by atoms with Crippen molar-refractivity contribution in [2.45, 2.75) is 4.90 Å². The van der Waals surface area contributed by atoms with E-state index < -0.39 is 11.1 Å². The Balaban J connectivity index is 2.57. The Morgan fingerprint density at radius 3 is 2.53 bits per heavy atom. The zero-order chi connectivity index (χ0) is 10.8. The van der Waals surface area contributed by atoms with Gasteiger partial charge in [0.25, 0.3) is 0 Å². The molecule has 2 aromatic carbocycles. The van der Waals surface area contributed by atoms with Crippen LogP contribution in [0.4, 0.5) is 0 Å². The fourth-order valence-electron chi connectivity index (χ4n) is 1.39. The van der Waals surface area contributed by atoms with Crippen molar-refractivity contribution in [1.29, 1.82) is 0 Å². The number of hydrogen-bond donors (Lipinski definition) is 0. The molecule has 0 aliphatic rings. The van der Waals surface area contributed by atoms with Crippen molar-refractivity contribution >= 4 is 33.5 Å². The van der Waals surface area contributed by atoms with E-state index in [0.717, 1.165) is 10.8 Å². The van der Waals surface area contributed by atoms with Crippen LogP contribution in [0.1, 0.15) is 0 Å². The molecule has 0 heterocycles. The Hall–Kier alpha value is -0.900. The van der Waals surface area contributed by atoms with Crippen molar-refractivity contribution < 1.29 is 8.39 Å². The number of fused-ring (bicyclic) bond motifs is 1. The summed E-state index contributed by atoms with van der Waals surface area (Å²) in [6.45, 7) is 0. The van der Waals surface area contributed by atoms with E-state index in [1.54, 1.807) is 6.07 Å². The molecule has 78 valence electrons. The van der Waals surface area contributed by atoms with Crippen molar-refractivity contribution in [3.05, 3.63) is 41.4 Å². The fourth-order valence-corrected chi connectivity index (χ4v) is 2.17. The van der Waals surface area contributed by atoms with Crippen LogP contribution in [0.5, 0.6) is 0 Å². The molecule has 0 aliphatic heterocycles. The average molecular weight is 241 g/mol. The molecule has 0 radical (unpaired) electrons. The second-order valence-electron chi connectivity index (χ2n) is 3.05. The van der Waals surface area contributed by atoms with Gasteiger partial charge in [-0.3, -0.25) is 4.18 Å². The van der Waals surface area contributed by atoms with Gasteiger partial charge in [0, 0.05) is 5.02 Å². The molecule has 0 N–H and O–H groups in total. The van der Waals surface area contributed by atoms with E-state index in [9.17, 15) is 4.21 Å². The summed E-state index contributed by atoms with van der Waals surface area (Å²) >= 11 is 4.48. The first-order valence-corrected chi connectivity index (χ1v) is 5.81. The molecule has 1 atom stereocenters. The molecule has 0 spiro atoms. The SMILES string of the molecule is COS(=O)c1ccc2cc(Cl)ccc2c1. The molecule has 0 saturated carbocycles. The van der Waals surface area contributed by atoms with Gasteiger partial charge in [-0.25, -0.2) is 4.21 Å². The van der Waals surface area contributed by atoms with Crippen LogP contribution >= 0.6 is 11.6 Å². The van der Waals surface area contributed by atoms with Crippen LogP contribution in [0.3, 0.4) is 0 Å². The third-order valence-electron chi connectivity index (χ3n) is 2.12. The standard InChI is InChI=1S/C11H9ClO2S/c1-14-15(13)11-5-3-8-6-10(12)4-2-9(8)7-11/h2-7H,1H3. The third-order valence-corrected chi connectivity index (χ3v) is 3.29. The van der Waals surface area contributed by atoms with Gasteiger partial charge in [-0.15, -0.1) is 0 Å². The van der Waals surface area contributed by atoms with Gasteiger partial charge in [-0.2, -0.15) is 0 Å². The van der Waals surface area contributed by atoms with Crippen molar-refractivity contribution in [1.82, 2.24) is 0 Å². The smallest absolute Gasteiger partial charge is 0.188 e. The summed E-state index contributed by atoms with van der Waals surface area (Å²) in [5.41, 5.74) is 0. The van der Waals surface area contributed by atoms with E-state index in [1.165, 1.54) is 7.11 Å². The van der Waals surface area contributed by atoms with Crippen molar-refractivity contribution in [2.75, 3.05) is 7.11 Å². The summed E-state index contributed by atoms with van der Waals surface area (Å²) in [5, 5.41) is 2.73. The fraction of sp³-hybridized carbons (Fsp3) is 0.0909. The molecule has 0 bridgehead atoms. The lowest BCUT2D eigenvalue weighted by Gasteiger charge is -2.02. The van der Waals surface area contributed by atoms with E-state index in [-0.39, 0.29) is 0 Å². The van der Waals surface area contributed by atoms with Crippen LogP contribution in [0.15, 0.2) is 41.3 Å². The topological polar surface area (TPSA) is 26.3 Å². The second-order valence-corrected chi connectivity index (χ2v) is 4.77. The molecule has 4 heteroatoms. The highest BCUT2D eigenvalue weighted by Crippen LogP contribution is 2.21. The predicted octanol–water partition coefficient (Wildman–Crippen LogP) is 3.16. The average Bonchev–Trinajstić information content (AvgIpc) is 2.27. The largest absolute Gasteiger partial charge is 0.290 e. The van der Waals surface area contributed by atoms with Gasteiger partial charge in [-0.1, -0.05) is 23.7 Å². The summed E-state index contributed by atoms with van der Waals surface area (Å²) in [7, 11) is 1.42. The summed E-state index contributed by atoms with van der Waals surface area (Å²) in [5.74, 6) is 0. The van der Waals surface area contributed by atoms with E-state index >= 15 is 0 Å². The van der Waals surface area contributed by atoms with Crippen molar-refractivity contribution in [3.8, 4) is 0 Å². The summed E-state index contributed by atoms with van der Waals surface area (Å²) in [6.07, 6.45) is 0. The maximum Gasteiger partial charge on any atom is 0.188 e. The zero-order valence-corrected chi connectivity index (χ0v) is 9.64. The minimum Gasteiger partial charge on any atom is -0.290 e. The van der Waals surface area contributed by atoms with Gasteiger partial charge in [0.1, 0.15) is 0 Å². The first kappa shape index (κ1) is 10.6. The Labute approximate surface area is 95.5 Å². The van der Waals surface area contributed by atoms with Crippen LogP contribution in [-0.4, -0.2) is 11.3 Å². The van der Waals surface area contributed by atoms with Gasteiger partial charge in [-0.05, 0) is 35.0 Å². The van der Waals surface area contributed by atoms with Crippen molar-refractivity contribution in [3.63, 3.8) is 0 Å². The van der Waals surface area contributed by atoms with Gasteiger partial charge >= 0.3 is 0 Å². The maximum absolute atomic E-state index is 11.4. The van der Waals surface area contributed by atoms with E-state index in [1.807, 2.05) is 30.3 Å². The normalized spacial score (nSPS) is 12.9. The van der Waals surface area contributed by atoms with Gasteiger partial charge in [0.05, 0.1) is 12.0 Å². The number of rotatable bonds is 2. The van der Waals surface area contributed by atoms with Crippen LogP contribution in [0.2, 0.25) is 5.02 Å². The summed E-state index contributed by atoms with van der Waals surface area (Å²) < 4.78 is 16.1. The summed E-state index contributed by atoms with van der Waals surface area (Å²) in [6, 6.07) is 11.1. The van der Waals surface area contributed by atoms with Crippen LogP contribution < -0.4 is 0 Å². The third kappa shape index (κ3) is 2.20. The van der Waals surface area contributed by atoms with E-state index in [0.29, 0.717) is 9.92 Å². The quantitative estimate of drug-likeness (QED) is 0.806. The lowest BCUT2D eigenvalue weighted by Crippen LogP contribution is -1.92.